The Hall–Kier alpha value is -3.59. The van der Waals surface area contributed by atoms with Gasteiger partial charge >= 0.3 is 0 Å². The van der Waals surface area contributed by atoms with Gasteiger partial charge in [0.2, 0.25) is 5.91 Å². The fourth-order valence-electron chi connectivity index (χ4n) is 2.76. The Morgan fingerprint density at radius 1 is 1.10 bits per heavy atom. The maximum Gasteiger partial charge on any atom is 0.256 e. The van der Waals surface area contributed by atoms with E-state index in [1.165, 1.54) is 23.5 Å². The number of aromatic nitrogens is 3. The molecule has 0 aliphatic heterocycles. The lowest BCUT2D eigenvalue weighted by molar-refractivity contribution is -0.120. The predicted octanol–water partition coefficient (Wildman–Crippen LogP) is 3.27. The number of fused-ring (bicyclic) bond motifs is 1. The van der Waals surface area contributed by atoms with E-state index in [1.54, 1.807) is 36.7 Å². The Kier molecular flexibility index (Phi) is 5.30. The molecule has 3 heterocycles. The van der Waals surface area contributed by atoms with Gasteiger partial charge in [-0.15, -0.1) is 11.3 Å². The zero-order valence-electron chi connectivity index (χ0n) is 15.1. The van der Waals surface area contributed by atoms with E-state index in [9.17, 15) is 14.0 Å². The van der Waals surface area contributed by atoms with Crippen LogP contribution in [0.25, 0.3) is 10.2 Å². The number of aromatic amines is 1. The molecule has 0 bridgehead atoms. The first-order valence-electron chi connectivity index (χ1n) is 8.78. The molecule has 0 saturated carbocycles. The summed E-state index contributed by atoms with van der Waals surface area (Å²) in [4.78, 5) is 29.9. The summed E-state index contributed by atoms with van der Waals surface area (Å²) < 4.78 is 12.9. The van der Waals surface area contributed by atoms with Gasteiger partial charge in [0, 0.05) is 29.4 Å². The smallest absolute Gasteiger partial charge is 0.256 e. The second kappa shape index (κ2) is 8.19. The van der Waals surface area contributed by atoms with Crippen molar-refractivity contribution in [1.82, 2.24) is 20.5 Å². The third-order valence-electron chi connectivity index (χ3n) is 4.22. The number of rotatable bonds is 6. The van der Waals surface area contributed by atoms with E-state index >= 15 is 0 Å². The van der Waals surface area contributed by atoms with Crippen LogP contribution in [0.15, 0.2) is 54.9 Å². The number of H-pyrrole nitrogens is 1. The lowest BCUT2D eigenvalue weighted by Crippen LogP contribution is -2.24. The number of benzene rings is 1. The quantitative estimate of drug-likeness (QED) is 0.455. The molecular weight excluding hydrogens is 393 g/mol. The van der Waals surface area contributed by atoms with Gasteiger partial charge in [-0.3, -0.25) is 19.7 Å². The molecule has 0 aliphatic carbocycles. The van der Waals surface area contributed by atoms with Gasteiger partial charge in [0.1, 0.15) is 16.5 Å². The number of nitrogens with one attached hydrogen (secondary N) is 3. The number of nitrogens with zero attached hydrogens (tertiary/aromatic N) is 2. The molecule has 3 aromatic heterocycles. The summed E-state index contributed by atoms with van der Waals surface area (Å²) in [7, 11) is 0. The van der Waals surface area contributed by atoms with E-state index in [0.717, 1.165) is 15.8 Å². The van der Waals surface area contributed by atoms with Gasteiger partial charge in [-0.1, -0.05) is 12.1 Å². The minimum absolute atomic E-state index is 0.149. The summed E-state index contributed by atoms with van der Waals surface area (Å²) in [5.74, 6) is -0.253. The molecule has 0 unspecified atom stereocenters. The summed E-state index contributed by atoms with van der Waals surface area (Å²) in [6.07, 6.45) is 3.29. The van der Waals surface area contributed by atoms with Crippen LogP contribution in [0.3, 0.4) is 0 Å². The molecule has 0 radical (unpaired) electrons. The molecule has 1 aromatic carbocycles. The first-order chi connectivity index (χ1) is 14.1. The van der Waals surface area contributed by atoms with E-state index < -0.39 is 0 Å². The van der Waals surface area contributed by atoms with Crippen LogP contribution in [-0.4, -0.2) is 27.0 Å². The molecule has 3 N–H and O–H groups in total. The highest BCUT2D eigenvalue weighted by Crippen LogP contribution is 2.29. The molecule has 0 saturated heterocycles. The summed E-state index contributed by atoms with van der Waals surface area (Å²) >= 11 is 1.38. The van der Waals surface area contributed by atoms with Crippen LogP contribution >= 0.6 is 11.3 Å². The average Bonchev–Trinajstić information content (AvgIpc) is 3.29. The van der Waals surface area contributed by atoms with Crippen molar-refractivity contribution in [3.63, 3.8) is 0 Å². The van der Waals surface area contributed by atoms with Gasteiger partial charge < -0.3 is 10.6 Å². The number of carbonyl (C=O) groups is 2. The predicted molar refractivity (Wildman–Crippen MR) is 108 cm³/mol. The molecule has 0 aliphatic rings. The van der Waals surface area contributed by atoms with Crippen molar-refractivity contribution in [2.45, 2.75) is 13.0 Å². The number of hydrogen-bond donors (Lipinski definition) is 3. The second-order valence-corrected chi connectivity index (χ2v) is 7.42. The maximum absolute atomic E-state index is 12.9. The van der Waals surface area contributed by atoms with Crippen molar-refractivity contribution < 1.29 is 14.0 Å². The number of pyridine rings is 1. The summed E-state index contributed by atoms with van der Waals surface area (Å²) in [6, 6.07) is 11.1. The van der Waals surface area contributed by atoms with Gasteiger partial charge in [-0.05, 0) is 35.9 Å². The maximum atomic E-state index is 12.9. The van der Waals surface area contributed by atoms with E-state index in [4.69, 9.17) is 0 Å². The summed E-state index contributed by atoms with van der Waals surface area (Å²) in [5, 5.41) is 13.4. The van der Waals surface area contributed by atoms with Crippen molar-refractivity contribution >= 4 is 39.2 Å². The third-order valence-corrected chi connectivity index (χ3v) is 5.25. The van der Waals surface area contributed by atoms with E-state index in [1.807, 2.05) is 6.07 Å². The third kappa shape index (κ3) is 4.46. The Morgan fingerprint density at radius 3 is 2.62 bits per heavy atom. The van der Waals surface area contributed by atoms with Crippen molar-refractivity contribution in [3.8, 4) is 0 Å². The molecule has 0 fully saturated rings. The van der Waals surface area contributed by atoms with Gasteiger partial charge in [0.05, 0.1) is 11.8 Å². The van der Waals surface area contributed by atoms with E-state index in [0.29, 0.717) is 22.8 Å². The molecule has 0 spiro atoms. The Balaban J connectivity index is 1.39. The zero-order chi connectivity index (χ0) is 20.2. The topological polar surface area (TPSA) is 99.8 Å². The lowest BCUT2D eigenvalue weighted by Gasteiger charge is -2.04. The molecule has 4 aromatic rings. The molecule has 2 amide bonds. The van der Waals surface area contributed by atoms with Crippen LogP contribution in [0.5, 0.6) is 0 Å². The average molecular weight is 409 g/mol. The van der Waals surface area contributed by atoms with Crippen molar-refractivity contribution in [3.05, 3.63) is 76.7 Å². The number of anilines is 1. The number of halogens is 1. The number of amides is 2. The lowest BCUT2D eigenvalue weighted by atomic mass is 10.2. The fraction of sp³-hybridized carbons (Fsp3) is 0.100. The number of carbonyl (C=O) groups excluding carboxylic acids is 2. The molecule has 7 nitrogen and oxygen atoms in total. The molecule has 4 rings (SSSR count). The minimum atomic E-state index is -0.311. The molecule has 0 atom stereocenters. The zero-order valence-corrected chi connectivity index (χ0v) is 15.9. The highest BCUT2D eigenvalue weighted by atomic mass is 32.1. The minimum Gasteiger partial charge on any atom is -0.352 e. The van der Waals surface area contributed by atoms with E-state index in [2.05, 4.69) is 25.8 Å². The molecular formula is C20H16FN5O2S. The number of thiophene rings is 1. The second-order valence-electron chi connectivity index (χ2n) is 6.30. The van der Waals surface area contributed by atoms with Gasteiger partial charge in [-0.25, -0.2) is 4.39 Å². The first kappa shape index (κ1) is 18.8. The largest absolute Gasteiger partial charge is 0.352 e. The molecule has 9 heteroatoms. The highest BCUT2D eigenvalue weighted by Gasteiger charge is 2.15. The van der Waals surface area contributed by atoms with Crippen molar-refractivity contribution in [2.24, 2.45) is 0 Å². The van der Waals surface area contributed by atoms with E-state index in [-0.39, 0.29) is 24.1 Å². The Morgan fingerprint density at radius 2 is 1.86 bits per heavy atom. The first-order valence-corrected chi connectivity index (χ1v) is 9.59. The SMILES string of the molecule is O=C(Cc1cc2c(NC(=O)c3ccncc3)[nH]nc2s1)NCc1ccc(F)cc1. The fourth-order valence-corrected chi connectivity index (χ4v) is 3.75. The normalized spacial score (nSPS) is 10.8. The van der Waals surface area contributed by atoms with Crippen LogP contribution < -0.4 is 10.6 Å². The summed E-state index contributed by atoms with van der Waals surface area (Å²) in [5.41, 5.74) is 1.31. The van der Waals surface area contributed by atoms with Crippen LogP contribution in [0, 0.1) is 5.82 Å². The Labute approximate surface area is 169 Å². The van der Waals surface area contributed by atoms with Gasteiger partial charge in [0.25, 0.3) is 5.91 Å². The monoisotopic (exact) mass is 409 g/mol. The van der Waals surface area contributed by atoms with Crippen LogP contribution in [0.1, 0.15) is 20.8 Å². The number of hydrogen-bond acceptors (Lipinski definition) is 5. The van der Waals surface area contributed by atoms with Crippen LogP contribution in [-0.2, 0) is 17.8 Å². The molecule has 146 valence electrons. The standard InChI is InChI=1S/C20H16FN5O2S/c21-14-3-1-12(2-4-14)11-23-17(27)10-15-9-16-18(25-26-20(16)29-15)24-19(28)13-5-7-22-8-6-13/h1-9H,10-11H2,(H,23,27)(H2,24,25,26,28). The van der Waals surface area contributed by atoms with Gasteiger partial charge in [-0.2, -0.15) is 5.10 Å². The van der Waals surface area contributed by atoms with Crippen molar-refractivity contribution in [1.29, 1.82) is 0 Å². The van der Waals surface area contributed by atoms with Crippen LogP contribution in [0.4, 0.5) is 10.2 Å². The highest BCUT2D eigenvalue weighted by molar-refractivity contribution is 7.18. The van der Waals surface area contributed by atoms with Gasteiger partial charge in [0.15, 0.2) is 0 Å². The molecule has 29 heavy (non-hydrogen) atoms. The van der Waals surface area contributed by atoms with Crippen LogP contribution in [0.2, 0.25) is 0 Å². The Bertz CT molecular complexity index is 1150. The van der Waals surface area contributed by atoms with Crippen molar-refractivity contribution in [2.75, 3.05) is 5.32 Å². The summed E-state index contributed by atoms with van der Waals surface area (Å²) in [6.45, 7) is 0.329.